The molecule has 0 aliphatic rings. The SMILES string of the molecule is CCCc1nc2ccccc2n1Cc1ccc(Cl)c(Cl)c1. The fraction of sp³-hybridized carbons (Fsp3) is 0.235. The third kappa shape index (κ3) is 2.92. The standard InChI is InChI=1S/C17H16Cl2N2/c1-2-5-17-20-15-6-3-4-7-16(15)21(17)11-12-8-9-13(18)14(19)10-12/h3-4,6-10H,2,5,11H2,1H3. The van der Waals surface area contributed by atoms with Gasteiger partial charge in [-0.1, -0.05) is 48.3 Å². The molecule has 3 rings (SSSR count). The summed E-state index contributed by atoms with van der Waals surface area (Å²) in [5, 5.41) is 1.18. The molecule has 2 nitrogen and oxygen atoms in total. The molecule has 3 aromatic rings. The molecule has 2 aromatic carbocycles. The predicted octanol–water partition coefficient (Wildman–Crippen LogP) is 5.34. The molecule has 0 atom stereocenters. The van der Waals surface area contributed by atoms with Crippen LogP contribution in [0.4, 0.5) is 0 Å². The Morgan fingerprint density at radius 3 is 2.62 bits per heavy atom. The quantitative estimate of drug-likeness (QED) is 0.634. The lowest BCUT2D eigenvalue weighted by atomic mass is 10.2. The van der Waals surface area contributed by atoms with E-state index in [1.807, 2.05) is 30.3 Å². The van der Waals surface area contributed by atoms with Crippen molar-refractivity contribution in [3.63, 3.8) is 0 Å². The van der Waals surface area contributed by atoms with E-state index in [-0.39, 0.29) is 0 Å². The van der Waals surface area contributed by atoms with Gasteiger partial charge in [0, 0.05) is 13.0 Å². The van der Waals surface area contributed by atoms with Crippen molar-refractivity contribution in [3.05, 3.63) is 63.9 Å². The Morgan fingerprint density at radius 1 is 1.05 bits per heavy atom. The van der Waals surface area contributed by atoms with E-state index in [1.54, 1.807) is 0 Å². The Balaban J connectivity index is 2.05. The first kappa shape index (κ1) is 14.4. The molecule has 0 saturated heterocycles. The molecule has 21 heavy (non-hydrogen) atoms. The highest BCUT2D eigenvalue weighted by molar-refractivity contribution is 6.42. The van der Waals surface area contributed by atoms with E-state index in [9.17, 15) is 0 Å². The van der Waals surface area contributed by atoms with Crippen molar-refractivity contribution in [3.8, 4) is 0 Å². The number of rotatable bonds is 4. The first-order valence-corrected chi connectivity index (χ1v) is 7.82. The van der Waals surface area contributed by atoms with Gasteiger partial charge in [0.25, 0.3) is 0 Å². The molecule has 0 N–H and O–H groups in total. The van der Waals surface area contributed by atoms with E-state index in [4.69, 9.17) is 28.2 Å². The second-order valence-electron chi connectivity index (χ2n) is 5.10. The normalized spacial score (nSPS) is 11.2. The van der Waals surface area contributed by atoms with Crippen LogP contribution in [-0.2, 0) is 13.0 Å². The van der Waals surface area contributed by atoms with Crippen LogP contribution in [-0.4, -0.2) is 9.55 Å². The number of benzene rings is 2. The van der Waals surface area contributed by atoms with Crippen molar-refractivity contribution in [2.45, 2.75) is 26.3 Å². The zero-order chi connectivity index (χ0) is 14.8. The molecule has 1 heterocycles. The van der Waals surface area contributed by atoms with Gasteiger partial charge in [0.05, 0.1) is 21.1 Å². The third-order valence-corrected chi connectivity index (χ3v) is 4.27. The Morgan fingerprint density at radius 2 is 1.86 bits per heavy atom. The van der Waals surface area contributed by atoms with Gasteiger partial charge in [-0.3, -0.25) is 0 Å². The van der Waals surface area contributed by atoms with Gasteiger partial charge in [-0.05, 0) is 36.2 Å². The Bertz CT molecular complexity index is 778. The molecule has 4 heteroatoms. The van der Waals surface area contributed by atoms with E-state index >= 15 is 0 Å². The average molecular weight is 319 g/mol. The zero-order valence-corrected chi connectivity index (χ0v) is 13.3. The van der Waals surface area contributed by atoms with Gasteiger partial charge in [-0.15, -0.1) is 0 Å². The van der Waals surface area contributed by atoms with Crippen molar-refractivity contribution in [1.29, 1.82) is 0 Å². The largest absolute Gasteiger partial charge is 0.323 e. The fourth-order valence-corrected chi connectivity index (χ4v) is 2.86. The molecule has 0 unspecified atom stereocenters. The van der Waals surface area contributed by atoms with Gasteiger partial charge in [0.1, 0.15) is 5.82 Å². The highest BCUT2D eigenvalue weighted by atomic mass is 35.5. The van der Waals surface area contributed by atoms with Crippen LogP contribution in [0.1, 0.15) is 24.7 Å². The lowest BCUT2D eigenvalue weighted by Gasteiger charge is -2.10. The summed E-state index contributed by atoms with van der Waals surface area (Å²) in [7, 11) is 0. The maximum absolute atomic E-state index is 6.12. The molecular formula is C17H16Cl2N2. The Labute approximate surface area is 134 Å². The molecule has 108 valence electrons. The van der Waals surface area contributed by atoms with Crippen molar-refractivity contribution < 1.29 is 0 Å². The molecule has 0 aliphatic carbocycles. The minimum absolute atomic E-state index is 0.588. The monoisotopic (exact) mass is 318 g/mol. The van der Waals surface area contributed by atoms with Crippen LogP contribution in [0.2, 0.25) is 10.0 Å². The minimum Gasteiger partial charge on any atom is -0.323 e. The second-order valence-corrected chi connectivity index (χ2v) is 5.92. The number of hydrogen-bond acceptors (Lipinski definition) is 1. The number of halogens is 2. The molecule has 0 amide bonds. The first-order chi connectivity index (χ1) is 10.2. The first-order valence-electron chi connectivity index (χ1n) is 7.07. The van der Waals surface area contributed by atoms with Crippen molar-refractivity contribution in [1.82, 2.24) is 9.55 Å². The molecular weight excluding hydrogens is 303 g/mol. The predicted molar refractivity (Wildman–Crippen MR) is 89.3 cm³/mol. The number of fused-ring (bicyclic) bond motifs is 1. The van der Waals surface area contributed by atoms with E-state index in [0.29, 0.717) is 10.0 Å². The van der Waals surface area contributed by atoms with Gasteiger partial charge < -0.3 is 4.57 Å². The summed E-state index contributed by atoms with van der Waals surface area (Å²) < 4.78 is 2.26. The lowest BCUT2D eigenvalue weighted by molar-refractivity contribution is 0.722. The molecule has 0 fully saturated rings. The van der Waals surface area contributed by atoms with Crippen LogP contribution in [0.5, 0.6) is 0 Å². The summed E-state index contributed by atoms with van der Waals surface area (Å²) in [5.41, 5.74) is 3.33. The molecule has 0 spiro atoms. The molecule has 0 saturated carbocycles. The van der Waals surface area contributed by atoms with Crippen LogP contribution in [0.25, 0.3) is 11.0 Å². The lowest BCUT2D eigenvalue weighted by Crippen LogP contribution is -2.05. The molecule has 0 bridgehead atoms. The number of aromatic nitrogens is 2. The van der Waals surface area contributed by atoms with Gasteiger partial charge in [0.2, 0.25) is 0 Å². The van der Waals surface area contributed by atoms with E-state index in [2.05, 4.69) is 23.6 Å². The summed E-state index contributed by atoms with van der Waals surface area (Å²) in [6, 6.07) is 14.0. The van der Waals surface area contributed by atoms with Gasteiger partial charge >= 0.3 is 0 Å². The number of imidazole rings is 1. The molecule has 0 aliphatic heterocycles. The van der Waals surface area contributed by atoms with E-state index in [0.717, 1.165) is 41.8 Å². The van der Waals surface area contributed by atoms with Crippen molar-refractivity contribution >= 4 is 34.2 Å². The van der Waals surface area contributed by atoms with Crippen LogP contribution in [0.15, 0.2) is 42.5 Å². The number of nitrogens with zero attached hydrogens (tertiary/aromatic N) is 2. The fourth-order valence-electron chi connectivity index (χ4n) is 2.54. The Kier molecular flexibility index (Phi) is 4.18. The summed E-state index contributed by atoms with van der Waals surface area (Å²) in [5.74, 6) is 1.12. The van der Waals surface area contributed by atoms with E-state index in [1.165, 1.54) is 0 Å². The Hall–Kier alpha value is -1.51. The van der Waals surface area contributed by atoms with Crippen LogP contribution < -0.4 is 0 Å². The van der Waals surface area contributed by atoms with Crippen LogP contribution >= 0.6 is 23.2 Å². The van der Waals surface area contributed by atoms with E-state index < -0.39 is 0 Å². The zero-order valence-electron chi connectivity index (χ0n) is 11.8. The van der Waals surface area contributed by atoms with Crippen molar-refractivity contribution in [2.75, 3.05) is 0 Å². The molecule has 1 aromatic heterocycles. The van der Waals surface area contributed by atoms with Gasteiger partial charge in [-0.2, -0.15) is 0 Å². The second kappa shape index (κ2) is 6.08. The van der Waals surface area contributed by atoms with Crippen molar-refractivity contribution in [2.24, 2.45) is 0 Å². The average Bonchev–Trinajstić information content (AvgIpc) is 2.81. The third-order valence-electron chi connectivity index (χ3n) is 3.53. The van der Waals surface area contributed by atoms with Gasteiger partial charge in [0.15, 0.2) is 0 Å². The van der Waals surface area contributed by atoms with Gasteiger partial charge in [-0.25, -0.2) is 4.98 Å². The summed E-state index contributed by atoms with van der Waals surface area (Å²) in [4.78, 5) is 4.74. The number of aryl methyl sites for hydroxylation is 1. The topological polar surface area (TPSA) is 17.8 Å². The maximum atomic E-state index is 6.12. The smallest absolute Gasteiger partial charge is 0.110 e. The summed E-state index contributed by atoms with van der Waals surface area (Å²) in [6.45, 7) is 2.93. The molecule has 0 radical (unpaired) electrons. The highest BCUT2D eigenvalue weighted by Crippen LogP contribution is 2.25. The highest BCUT2D eigenvalue weighted by Gasteiger charge is 2.10. The maximum Gasteiger partial charge on any atom is 0.110 e. The summed E-state index contributed by atoms with van der Waals surface area (Å²) in [6.07, 6.45) is 2.04. The van der Waals surface area contributed by atoms with Crippen LogP contribution in [0.3, 0.4) is 0 Å². The minimum atomic E-state index is 0.588. The number of para-hydroxylation sites is 2. The summed E-state index contributed by atoms with van der Waals surface area (Å²) >= 11 is 12.1. The van der Waals surface area contributed by atoms with Crippen LogP contribution in [0, 0.1) is 0 Å². The number of hydrogen-bond donors (Lipinski definition) is 0.